The van der Waals surface area contributed by atoms with Gasteiger partial charge in [0.25, 0.3) is 0 Å². The average molecular weight is 200 g/mol. The van der Waals surface area contributed by atoms with E-state index in [9.17, 15) is 14.0 Å². The molecule has 4 nitrogen and oxygen atoms in total. The summed E-state index contributed by atoms with van der Waals surface area (Å²) in [7, 11) is 0. The van der Waals surface area contributed by atoms with Crippen molar-refractivity contribution in [1.29, 1.82) is 0 Å². The van der Waals surface area contributed by atoms with Gasteiger partial charge in [-0.05, 0) is 20.0 Å². The fourth-order valence-electron chi connectivity index (χ4n) is 0.472. The molecule has 0 saturated carbocycles. The zero-order valence-corrected chi connectivity index (χ0v) is 9.93. The van der Waals surface area contributed by atoms with E-state index in [4.69, 9.17) is 0 Å². The summed E-state index contributed by atoms with van der Waals surface area (Å²) >= 11 is 0. The molecule has 70 valence electrons. The molecule has 0 aromatic heterocycles. The Labute approximate surface area is 98.1 Å². The molecule has 0 bridgehead atoms. The minimum atomic E-state index is -1.52. The second-order valence-electron chi connectivity index (χ2n) is 1.75. The smallest absolute Gasteiger partial charge is 0.486 e. The van der Waals surface area contributed by atoms with E-state index in [1.165, 1.54) is 13.8 Å². The maximum absolute atomic E-state index is 12.5. The molecule has 0 aliphatic carbocycles. The van der Waals surface area contributed by atoms with Crippen LogP contribution in [0, 0.1) is 6.17 Å². The van der Waals surface area contributed by atoms with E-state index in [-0.39, 0.29) is 42.8 Å². The fraction of sp³-hybridized carbons (Fsp3) is 0.571. The summed E-state index contributed by atoms with van der Waals surface area (Å²) in [5.41, 5.74) is 0. The van der Waals surface area contributed by atoms with Gasteiger partial charge >= 0.3 is 29.6 Å². The Hall–Kier alpha value is -0.260. The van der Waals surface area contributed by atoms with Crippen LogP contribution in [0.3, 0.4) is 0 Å². The van der Waals surface area contributed by atoms with Crippen molar-refractivity contribution in [2.45, 2.75) is 13.8 Å². The van der Waals surface area contributed by atoms with Crippen LogP contribution in [-0.2, 0) is 19.1 Å². The van der Waals surface area contributed by atoms with Crippen LogP contribution >= 0.6 is 0 Å². The van der Waals surface area contributed by atoms with Gasteiger partial charge in [-0.15, -0.1) is 0 Å². The summed E-state index contributed by atoms with van der Waals surface area (Å²) in [6, 6.07) is 0. The first-order valence-corrected chi connectivity index (χ1v) is 3.50. The summed E-state index contributed by atoms with van der Waals surface area (Å²) in [4.78, 5) is 21.0. The van der Waals surface area contributed by atoms with Crippen molar-refractivity contribution in [3.8, 4) is 0 Å². The predicted octanol–water partition coefficient (Wildman–Crippen LogP) is -2.38. The average Bonchev–Trinajstić information content (AvgIpc) is 2.04. The number of hydrogen-bond donors (Lipinski definition) is 0. The van der Waals surface area contributed by atoms with E-state index in [1.807, 2.05) is 0 Å². The summed E-state index contributed by atoms with van der Waals surface area (Å²) in [6.45, 7) is 3.06. The molecule has 0 aromatic carbocycles. The molecule has 0 aliphatic heterocycles. The molecular formula is C7H10FNaO4. The molecular weight excluding hydrogens is 190 g/mol. The summed E-state index contributed by atoms with van der Waals surface area (Å²) < 4.78 is 21.0. The Morgan fingerprint density at radius 3 is 1.69 bits per heavy atom. The Morgan fingerprint density at radius 1 is 1.15 bits per heavy atom. The van der Waals surface area contributed by atoms with Gasteiger partial charge in [-0.2, -0.15) is 0 Å². The van der Waals surface area contributed by atoms with Crippen molar-refractivity contribution in [2.75, 3.05) is 13.2 Å². The van der Waals surface area contributed by atoms with Crippen molar-refractivity contribution < 1.29 is 53.0 Å². The molecule has 6 heteroatoms. The molecule has 13 heavy (non-hydrogen) atoms. The largest absolute Gasteiger partial charge is 1.00 e. The van der Waals surface area contributed by atoms with Crippen LogP contribution in [-0.4, -0.2) is 25.2 Å². The monoisotopic (exact) mass is 200 g/mol. The van der Waals surface area contributed by atoms with Crippen molar-refractivity contribution in [1.82, 2.24) is 0 Å². The number of carbonyl (C=O) groups is 2. The molecule has 0 saturated heterocycles. The Balaban J connectivity index is 0. The van der Waals surface area contributed by atoms with Crippen molar-refractivity contribution in [3.05, 3.63) is 6.17 Å². The Kier molecular flexibility index (Phi) is 9.77. The van der Waals surface area contributed by atoms with Gasteiger partial charge in [-0.1, -0.05) is 0 Å². The van der Waals surface area contributed by atoms with Gasteiger partial charge in [0.05, 0.1) is 13.2 Å². The van der Waals surface area contributed by atoms with Gasteiger partial charge in [0, 0.05) is 0 Å². The van der Waals surface area contributed by atoms with E-state index in [0.29, 0.717) is 0 Å². The topological polar surface area (TPSA) is 52.6 Å². The van der Waals surface area contributed by atoms with Crippen LogP contribution in [0.5, 0.6) is 0 Å². The van der Waals surface area contributed by atoms with Crippen LogP contribution in [0.25, 0.3) is 0 Å². The maximum atomic E-state index is 12.5. The first-order chi connectivity index (χ1) is 5.63. The van der Waals surface area contributed by atoms with Gasteiger partial charge in [0.2, 0.25) is 11.9 Å². The van der Waals surface area contributed by atoms with Gasteiger partial charge in [-0.25, -0.2) is 0 Å². The van der Waals surface area contributed by atoms with Gasteiger partial charge in [-0.3, -0.25) is 9.59 Å². The van der Waals surface area contributed by atoms with Gasteiger partial charge in [0.15, 0.2) is 0 Å². The number of esters is 2. The molecule has 0 N–H and O–H groups in total. The third kappa shape index (κ3) is 5.90. The number of carbonyl (C=O) groups excluding carboxylic acids is 2. The van der Waals surface area contributed by atoms with Crippen molar-refractivity contribution in [3.63, 3.8) is 0 Å². The van der Waals surface area contributed by atoms with E-state index >= 15 is 0 Å². The summed E-state index contributed by atoms with van der Waals surface area (Å²) in [5.74, 6) is -2.56. The number of halogens is 1. The van der Waals surface area contributed by atoms with Crippen molar-refractivity contribution in [2.24, 2.45) is 0 Å². The van der Waals surface area contributed by atoms with Crippen molar-refractivity contribution >= 4 is 11.9 Å². The van der Waals surface area contributed by atoms with Crippen LogP contribution in [0.2, 0.25) is 0 Å². The number of hydrogen-bond acceptors (Lipinski definition) is 4. The molecule has 0 rings (SSSR count). The summed E-state index contributed by atoms with van der Waals surface area (Å²) in [5, 5.41) is 0. The molecule has 0 heterocycles. The zero-order chi connectivity index (χ0) is 9.56. The Bertz CT molecular complexity index is 156. The quantitative estimate of drug-likeness (QED) is 0.220. The van der Waals surface area contributed by atoms with Crippen LogP contribution in [0.15, 0.2) is 0 Å². The van der Waals surface area contributed by atoms with Gasteiger partial charge in [0.1, 0.15) is 0 Å². The molecule has 0 atom stereocenters. The standard InChI is InChI=1S/C7H10FO4.Na/c1-3-11-6(9)5(8)7(10)12-4-2;/h3-4H2,1-2H3;/q-1;+1. The molecule has 0 radical (unpaired) electrons. The van der Waals surface area contributed by atoms with Crippen LogP contribution in [0.1, 0.15) is 13.8 Å². The minimum Gasteiger partial charge on any atom is -0.486 e. The van der Waals surface area contributed by atoms with Crippen LogP contribution < -0.4 is 29.6 Å². The number of ether oxygens (including phenoxy) is 2. The SMILES string of the molecule is CCOC(=O)[C-](F)C(=O)OCC.[Na+]. The van der Waals surface area contributed by atoms with E-state index in [1.54, 1.807) is 0 Å². The second kappa shape index (κ2) is 8.34. The third-order valence-corrected chi connectivity index (χ3v) is 0.909. The van der Waals surface area contributed by atoms with Gasteiger partial charge < -0.3 is 13.9 Å². The number of rotatable bonds is 4. The summed E-state index contributed by atoms with van der Waals surface area (Å²) in [6.07, 6.45) is -1.52. The molecule has 0 spiro atoms. The third-order valence-electron chi connectivity index (χ3n) is 0.909. The normalized spacial score (nSPS) is 8.23. The maximum Gasteiger partial charge on any atom is 1.00 e. The van der Waals surface area contributed by atoms with E-state index in [2.05, 4.69) is 9.47 Å². The predicted molar refractivity (Wildman–Crippen MR) is 37.6 cm³/mol. The zero-order valence-electron chi connectivity index (χ0n) is 7.93. The van der Waals surface area contributed by atoms with Crippen LogP contribution in [0.4, 0.5) is 4.39 Å². The first-order valence-electron chi connectivity index (χ1n) is 3.50. The molecule has 0 unspecified atom stereocenters. The molecule has 0 fully saturated rings. The second-order valence-corrected chi connectivity index (χ2v) is 1.75. The first kappa shape index (κ1) is 15.2. The molecule has 0 amide bonds. The van der Waals surface area contributed by atoms with E-state index in [0.717, 1.165) is 0 Å². The fourth-order valence-corrected chi connectivity index (χ4v) is 0.472. The molecule has 0 aromatic rings. The van der Waals surface area contributed by atoms with E-state index < -0.39 is 18.1 Å². The minimum absolute atomic E-state index is 0. The Morgan fingerprint density at radius 2 is 1.46 bits per heavy atom. The molecule has 0 aliphatic rings.